The fraction of sp³-hybridized carbons (Fsp3) is 0.855. The molecule has 0 rings (SSSR count). The summed E-state index contributed by atoms with van der Waals surface area (Å²) >= 11 is 0. The molecule has 0 spiro atoms. The number of allylic oxidation sites excluding steroid dienone is 6. The summed E-state index contributed by atoms with van der Waals surface area (Å²) in [7, 11) is 0. The quantitative estimate of drug-likeness (QED) is 0.0375. The van der Waals surface area contributed by atoms with Gasteiger partial charge in [0.05, 0.1) is 6.61 Å². The largest absolute Gasteiger partial charge is 0.462 e. The minimum absolute atomic E-state index is 0.0682. The summed E-state index contributed by atoms with van der Waals surface area (Å²) in [6, 6.07) is 0. The van der Waals surface area contributed by atoms with Gasteiger partial charge in [0.15, 0.2) is 6.10 Å². The first-order valence-corrected chi connectivity index (χ1v) is 26.5. The monoisotopic (exact) mass is 843 g/mol. The predicted octanol–water partition coefficient (Wildman–Crippen LogP) is 17.5. The molecule has 0 aliphatic carbocycles. The average molecular weight is 843 g/mol. The average Bonchev–Trinajstić information content (AvgIpc) is 3.25. The zero-order valence-electron chi connectivity index (χ0n) is 40.2. The van der Waals surface area contributed by atoms with Gasteiger partial charge in [-0.15, -0.1) is 0 Å². The number of aliphatic hydroxyl groups is 1. The summed E-state index contributed by atoms with van der Waals surface area (Å²) in [6.07, 6.45) is 65.6. The number of unbranched alkanes of at least 4 members (excludes halogenated alkanes) is 35. The van der Waals surface area contributed by atoms with Crippen LogP contribution in [0.15, 0.2) is 36.5 Å². The molecule has 1 atom stereocenters. The SMILES string of the molecule is CCC/C=C\C/C=C\CCCCCCCC(=O)OC(CO)COC(=O)CCCCCCCCCCCCCCCCCCCCCCC/C=C\CCCCCCCCCC. The van der Waals surface area contributed by atoms with E-state index < -0.39 is 6.10 Å². The van der Waals surface area contributed by atoms with E-state index in [1.54, 1.807) is 0 Å². The fourth-order valence-electron chi connectivity index (χ4n) is 7.88. The Bertz CT molecular complexity index is 955. The Balaban J connectivity index is 3.39. The Hall–Kier alpha value is -1.88. The highest BCUT2D eigenvalue weighted by Crippen LogP contribution is 2.17. The second kappa shape index (κ2) is 51.5. The Morgan fingerprint density at radius 2 is 0.700 bits per heavy atom. The van der Waals surface area contributed by atoms with E-state index in [0.29, 0.717) is 12.8 Å². The molecule has 5 heteroatoms. The van der Waals surface area contributed by atoms with Crippen LogP contribution >= 0.6 is 0 Å². The fourth-order valence-corrected chi connectivity index (χ4v) is 7.88. The zero-order valence-corrected chi connectivity index (χ0v) is 40.2. The van der Waals surface area contributed by atoms with Crippen LogP contribution in [0.4, 0.5) is 0 Å². The minimum atomic E-state index is -0.776. The number of carbonyl (C=O) groups is 2. The number of aliphatic hydroxyl groups excluding tert-OH is 1. The lowest BCUT2D eigenvalue weighted by Gasteiger charge is -2.15. The molecule has 0 radical (unpaired) electrons. The molecule has 0 amide bonds. The van der Waals surface area contributed by atoms with Crippen LogP contribution in [0.3, 0.4) is 0 Å². The van der Waals surface area contributed by atoms with Gasteiger partial charge in [0.25, 0.3) is 0 Å². The maximum Gasteiger partial charge on any atom is 0.306 e. The van der Waals surface area contributed by atoms with Crippen LogP contribution < -0.4 is 0 Å². The minimum Gasteiger partial charge on any atom is -0.462 e. The van der Waals surface area contributed by atoms with Crippen molar-refractivity contribution in [3.8, 4) is 0 Å². The molecule has 1 unspecified atom stereocenters. The van der Waals surface area contributed by atoms with E-state index in [9.17, 15) is 14.7 Å². The number of esters is 2. The molecule has 1 N–H and O–H groups in total. The van der Waals surface area contributed by atoms with Gasteiger partial charge in [0.2, 0.25) is 0 Å². The van der Waals surface area contributed by atoms with Crippen molar-refractivity contribution in [1.82, 2.24) is 0 Å². The number of ether oxygens (including phenoxy) is 2. The number of hydrogen-bond acceptors (Lipinski definition) is 5. The van der Waals surface area contributed by atoms with E-state index in [1.165, 1.54) is 199 Å². The summed E-state index contributed by atoms with van der Waals surface area (Å²) in [5, 5.41) is 9.59. The summed E-state index contributed by atoms with van der Waals surface area (Å²) in [6.45, 7) is 4.09. The molecule has 0 saturated carbocycles. The third-order valence-electron chi connectivity index (χ3n) is 11.9. The molecule has 0 bridgehead atoms. The van der Waals surface area contributed by atoms with Crippen molar-refractivity contribution in [2.24, 2.45) is 0 Å². The first kappa shape index (κ1) is 58.1. The van der Waals surface area contributed by atoms with Crippen LogP contribution in [0.5, 0.6) is 0 Å². The van der Waals surface area contributed by atoms with Crippen molar-refractivity contribution in [1.29, 1.82) is 0 Å². The third-order valence-corrected chi connectivity index (χ3v) is 11.9. The summed E-state index contributed by atoms with van der Waals surface area (Å²) < 4.78 is 10.6. The molecule has 0 aliphatic heterocycles. The van der Waals surface area contributed by atoms with Crippen LogP contribution in [0.1, 0.15) is 284 Å². The highest BCUT2D eigenvalue weighted by atomic mass is 16.6. The van der Waals surface area contributed by atoms with E-state index in [-0.39, 0.29) is 25.2 Å². The van der Waals surface area contributed by atoms with Crippen LogP contribution in [-0.4, -0.2) is 36.4 Å². The molecule has 0 aliphatic rings. The van der Waals surface area contributed by atoms with Crippen molar-refractivity contribution in [2.45, 2.75) is 290 Å². The summed E-state index contributed by atoms with van der Waals surface area (Å²) in [5.74, 6) is -0.596. The Morgan fingerprint density at radius 3 is 1.07 bits per heavy atom. The van der Waals surface area contributed by atoms with Crippen molar-refractivity contribution in [2.75, 3.05) is 13.2 Å². The second-order valence-corrected chi connectivity index (χ2v) is 17.9. The van der Waals surface area contributed by atoms with Gasteiger partial charge in [0.1, 0.15) is 6.61 Å². The van der Waals surface area contributed by atoms with Gasteiger partial charge in [-0.3, -0.25) is 9.59 Å². The van der Waals surface area contributed by atoms with Gasteiger partial charge in [-0.2, -0.15) is 0 Å². The lowest BCUT2D eigenvalue weighted by molar-refractivity contribution is -0.161. The molecule has 0 fully saturated rings. The lowest BCUT2D eigenvalue weighted by atomic mass is 10.0. The van der Waals surface area contributed by atoms with E-state index in [1.807, 2.05) is 0 Å². The maximum atomic E-state index is 12.2. The lowest BCUT2D eigenvalue weighted by Crippen LogP contribution is -2.28. The molecule has 0 aromatic rings. The standard InChI is InChI=1S/C55H102O5/c1-3-5-7-9-11-13-15-17-18-19-20-21-22-23-24-25-26-27-28-29-30-31-32-33-34-35-36-38-39-41-43-45-47-49-54(57)59-52-53(51-56)60-55(58)50-48-46-44-42-40-37-16-14-12-10-8-6-4-2/h8,10,14,16,19-20,53,56H,3-7,9,11-13,15,17-18,21-52H2,1-2H3/b10-8-,16-14-,20-19-. The van der Waals surface area contributed by atoms with Gasteiger partial charge in [-0.05, 0) is 64.2 Å². The highest BCUT2D eigenvalue weighted by molar-refractivity contribution is 5.70. The molecule has 0 heterocycles. The van der Waals surface area contributed by atoms with Gasteiger partial charge >= 0.3 is 11.9 Å². The number of rotatable bonds is 49. The number of hydrogen-bond donors (Lipinski definition) is 1. The predicted molar refractivity (Wildman–Crippen MR) is 261 cm³/mol. The van der Waals surface area contributed by atoms with Crippen LogP contribution in [0, 0.1) is 0 Å². The highest BCUT2D eigenvalue weighted by Gasteiger charge is 2.16. The van der Waals surface area contributed by atoms with E-state index >= 15 is 0 Å². The summed E-state index contributed by atoms with van der Waals surface area (Å²) in [4.78, 5) is 24.4. The van der Waals surface area contributed by atoms with Crippen LogP contribution in [0.25, 0.3) is 0 Å². The zero-order chi connectivity index (χ0) is 43.5. The molecule has 352 valence electrons. The molecule has 0 aromatic heterocycles. The third kappa shape index (κ3) is 48.8. The Kier molecular flexibility index (Phi) is 49.9. The Morgan fingerprint density at radius 1 is 0.383 bits per heavy atom. The smallest absolute Gasteiger partial charge is 0.306 e. The Labute approximate surface area is 374 Å². The van der Waals surface area contributed by atoms with Crippen molar-refractivity contribution in [3.63, 3.8) is 0 Å². The van der Waals surface area contributed by atoms with Crippen molar-refractivity contribution >= 4 is 11.9 Å². The van der Waals surface area contributed by atoms with Crippen LogP contribution in [-0.2, 0) is 19.1 Å². The number of carbonyl (C=O) groups excluding carboxylic acids is 2. The van der Waals surface area contributed by atoms with Gasteiger partial charge in [-0.1, -0.05) is 243 Å². The van der Waals surface area contributed by atoms with Gasteiger partial charge in [-0.25, -0.2) is 0 Å². The molecule has 60 heavy (non-hydrogen) atoms. The van der Waals surface area contributed by atoms with Gasteiger partial charge in [0, 0.05) is 12.8 Å². The first-order chi connectivity index (χ1) is 29.6. The van der Waals surface area contributed by atoms with E-state index in [4.69, 9.17) is 9.47 Å². The van der Waals surface area contributed by atoms with E-state index in [0.717, 1.165) is 57.8 Å². The topological polar surface area (TPSA) is 72.8 Å². The van der Waals surface area contributed by atoms with Crippen LogP contribution in [0.2, 0.25) is 0 Å². The molecule has 0 aromatic carbocycles. The van der Waals surface area contributed by atoms with E-state index in [2.05, 4.69) is 50.3 Å². The van der Waals surface area contributed by atoms with Crippen molar-refractivity contribution in [3.05, 3.63) is 36.5 Å². The molecule has 5 nitrogen and oxygen atoms in total. The normalized spacial score (nSPS) is 12.4. The second-order valence-electron chi connectivity index (χ2n) is 17.9. The summed E-state index contributed by atoms with van der Waals surface area (Å²) in [5.41, 5.74) is 0. The first-order valence-electron chi connectivity index (χ1n) is 26.5. The molecular formula is C55H102O5. The molecule has 0 saturated heterocycles. The maximum absolute atomic E-state index is 12.2. The van der Waals surface area contributed by atoms with Gasteiger partial charge < -0.3 is 14.6 Å². The van der Waals surface area contributed by atoms with Crippen molar-refractivity contribution < 1.29 is 24.2 Å². The molecular weight excluding hydrogens is 741 g/mol.